The van der Waals surface area contributed by atoms with Crippen LogP contribution in [0, 0.1) is 5.82 Å². The first-order valence-electron chi connectivity index (χ1n) is 9.95. The van der Waals surface area contributed by atoms with Crippen molar-refractivity contribution in [3.05, 3.63) is 71.2 Å². The Labute approximate surface area is 173 Å². The van der Waals surface area contributed by atoms with E-state index in [-0.39, 0.29) is 37.5 Å². The highest BCUT2D eigenvalue weighted by Crippen LogP contribution is 2.32. The molecular formula is C23H23FN2O4. The number of hydrogen-bond acceptors (Lipinski definition) is 4. The molecule has 6 nitrogen and oxygen atoms in total. The third-order valence-electron chi connectivity index (χ3n) is 5.50. The van der Waals surface area contributed by atoms with Crippen LogP contribution < -0.4 is 5.32 Å². The van der Waals surface area contributed by atoms with Gasteiger partial charge in [0.25, 0.3) is 0 Å². The van der Waals surface area contributed by atoms with Crippen LogP contribution in [0.15, 0.2) is 48.5 Å². The zero-order chi connectivity index (χ0) is 21.1. The van der Waals surface area contributed by atoms with Crippen LogP contribution in [0.4, 0.5) is 4.39 Å². The molecule has 2 aromatic carbocycles. The number of nitrogens with zero attached hydrogens (tertiary/aromatic N) is 1. The van der Waals surface area contributed by atoms with E-state index in [2.05, 4.69) is 5.32 Å². The van der Waals surface area contributed by atoms with Crippen molar-refractivity contribution in [1.29, 1.82) is 0 Å². The number of benzene rings is 2. The SMILES string of the molecule is O=C(O)Cn1c2c(c3cc(F)ccc31)C[C@@H](NCC(=O)OCc1ccccc1)CC2. The minimum absolute atomic E-state index is 0.0360. The number of carbonyl (C=O) groups excluding carboxylic acids is 1. The van der Waals surface area contributed by atoms with E-state index in [0.717, 1.165) is 34.1 Å². The Morgan fingerprint density at radius 2 is 2.00 bits per heavy atom. The summed E-state index contributed by atoms with van der Waals surface area (Å²) in [6.45, 7) is 0.175. The Bertz CT molecular complexity index is 1080. The summed E-state index contributed by atoms with van der Waals surface area (Å²) < 4.78 is 20.9. The Balaban J connectivity index is 1.43. The van der Waals surface area contributed by atoms with Crippen LogP contribution in [0.25, 0.3) is 10.9 Å². The molecule has 0 spiro atoms. The van der Waals surface area contributed by atoms with Gasteiger partial charge in [0.15, 0.2) is 0 Å². The van der Waals surface area contributed by atoms with Gasteiger partial charge >= 0.3 is 11.9 Å². The van der Waals surface area contributed by atoms with Crippen molar-refractivity contribution in [1.82, 2.24) is 9.88 Å². The number of halogens is 1. The average molecular weight is 410 g/mol. The zero-order valence-corrected chi connectivity index (χ0v) is 16.4. The lowest BCUT2D eigenvalue weighted by atomic mass is 9.91. The molecule has 1 aliphatic carbocycles. The Kier molecular flexibility index (Phi) is 5.81. The fourth-order valence-electron chi connectivity index (χ4n) is 4.13. The second kappa shape index (κ2) is 8.67. The molecule has 0 bridgehead atoms. The molecule has 0 fully saturated rings. The lowest BCUT2D eigenvalue weighted by molar-refractivity contribution is -0.144. The number of carbonyl (C=O) groups is 2. The molecule has 0 amide bonds. The number of aliphatic carboxylic acids is 1. The van der Waals surface area contributed by atoms with Gasteiger partial charge in [-0.2, -0.15) is 0 Å². The summed E-state index contributed by atoms with van der Waals surface area (Å²) in [7, 11) is 0. The van der Waals surface area contributed by atoms with Crippen molar-refractivity contribution in [3.8, 4) is 0 Å². The Morgan fingerprint density at radius 1 is 1.20 bits per heavy atom. The highest BCUT2D eigenvalue weighted by atomic mass is 19.1. The minimum Gasteiger partial charge on any atom is -0.480 e. The fourth-order valence-corrected chi connectivity index (χ4v) is 4.13. The molecule has 2 N–H and O–H groups in total. The number of nitrogens with one attached hydrogen (secondary N) is 1. The van der Waals surface area contributed by atoms with Crippen molar-refractivity contribution in [2.45, 2.75) is 38.5 Å². The molecule has 3 aromatic rings. The summed E-state index contributed by atoms with van der Waals surface area (Å²) in [5.74, 6) is -1.61. The van der Waals surface area contributed by atoms with Gasteiger partial charge in [0.05, 0.1) is 6.54 Å². The first-order chi connectivity index (χ1) is 14.5. The van der Waals surface area contributed by atoms with Crippen molar-refractivity contribution < 1.29 is 23.8 Å². The van der Waals surface area contributed by atoms with Crippen molar-refractivity contribution in [2.75, 3.05) is 6.54 Å². The van der Waals surface area contributed by atoms with Crippen LogP contribution in [0.1, 0.15) is 23.2 Å². The number of carboxylic acids is 1. The van der Waals surface area contributed by atoms with Gasteiger partial charge < -0.3 is 19.7 Å². The summed E-state index contributed by atoms with van der Waals surface area (Å²) in [5, 5.41) is 13.2. The predicted molar refractivity (Wildman–Crippen MR) is 110 cm³/mol. The summed E-state index contributed by atoms with van der Waals surface area (Å²) in [6.07, 6.45) is 2.03. The first-order valence-corrected chi connectivity index (χ1v) is 9.95. The summed E-state index contributed by atoms with van der Waals surface area (Å²) in [5.41, 5.74) is 3.54. The minimum atomic E-state index is -0.930. The maximum Gasteiger partial charge on any atom is 0.323 e. The van der Waals surface area contributed by atoms with Crippen LogP contribution in [0.5, 0.6) is 0 Å². The van der Waals surface area contributed by atoms with Gasteiger partial charge in [0.1, 0.15) is 19.0 Å². The van der Waals surface area contributed by atoms with Gasteiger partial charge in [-0.15, -0.1) is 0 Å². The third kappa shape index (κ3) is 4.36. The molecule has 156 valence electrons. The van der Waals surface area contributed by atoms with Crippen LogP contribution in [0.3, 0.4) is 0 Å². The molecule has 1 atom stereocenters. The second-order valence-corrected chi connectivity index (χ2v) is 7.53. The number of hydrogen-bond donors (Lipinski definition) is 2. The maximum atomic E-state index is 13.9. The molecule has 1 aliphatic rings. The number of carboxylic acid groups (broad SMARTS) is 1. The van der Waals surface area contributed by atoms with Crippen molar-refractivity contribution in [3.63, 3.8) is 0 Å². The predicted octanol–water partition coefficient (Wildman–Crippen LogP) is 3.06. The standard InChI is InChI=1S/C23H23FN2O4/c24-16-6-8-20-18(10-16)19-11-17(7-9-21(19)26(20)13-22(27)28)25-12-23(29)30-14-15-4-2-1-3-5-15/h1-6,8,10,17,25H,7,9,11-14H2,(H,27,28)/t17-/m0/s1. The van der Waals surface area contributed by atoms with E-state index in [4.69, 9.17) is 4.74 Å². The molecule has 30 heavy (non-hydrogen) atoms. The zero-order valence-electron chi connectivity index (χ0n) is 16.4. The number of esters is 1. The summed E-state index contributed by atoms with van der Waals surface area (Å²) in [6, 6.07) is 14.0. The Morgan fingerprint density at radius 3 is 2.77 bits per heavy atom. The number of rotatable bonds is 7. The number of aromatic nitrogens is 1. The van der Waals surface area contributed by atoms with E-state index in [0.29, 0.717) is 12.8 Å². The van der Waals surface area contributed by atoms with E-state index >= 15 is 0 Å². The van der Waals surface area contributed by atoms with Gasteiger partial charge in [0, 0.05) is 22.6 Å². The molecule has 1 heterocycles. The maximum absolute atomic E-state index is 13.9. The third-order valence-corrected chi connectivity index (χ3v) is 5.50. The topological polar surface area (TPSA) is 80.6 Å². The molecule has 7 heteroatoms. The van der Waals surface area contributed by atoms with Gasteiger partial charge in [-0.05, 0) is 48.6 Å². The lowest BCUT2D eigenvalue weighted by Crippen LogP contribution is -2.38. The summed E-state index contributed by atoms with van der Waals surface area (Å²) >= 11 is 0. The van der Waals surface area contributed by atoms with Gasteiger partial charge in [-0.25, -0.2) is 4.39 Å². The van der Waals surface area contributed by atoms with E-state index < -0.39 is 5.97 Å². The normalized spacial score (nSPS) is 15.7. The largest absolute Gasteiger partial charge is 0.480 e. The quantitative estimate of drug-likeness (QED) is 0.585. The molecule has 0 radical (unpaired) electrons. The molecule has 0 saturated carbocycles. The molecule has 4 rings (SSSR count). The van der Waals surface area contributed by atoms with Gasteiger partial charge in [-0.1, -0.05) is 30.3 Å². The van der Waals surface area contributed by atoms with E-state index in [1.165, 1.54) is 12.1 Å². The average Bonchev–Trinajstić information content (AvgIpc) is 3.03. The first kappa shape index (κ1) is 20.1. The highest BCUT2D eigenvalue weighted by molar-refractivity contribution is 5.87. The van der Waals surface area contributed by atoms with Crippen LogP contribution in [-0.2, 0) is 40.3 Å². The molecule has 0 unspecified atom stereocenters. The monoisotopic (exact) mass is 410 g/mol. The van der Waals surface area contributed by atoms with Gasteiger partial charge in [0.2, 0.25) is 0 Å². The van der Waals surface area contributed by atoms with Crippen molar-refractivity contribution >= 4 is 22.8 Å². The second-order valence-electron chi connectivity index (χ2n) is 7.53. The van der Waals surface area contributed by atoms with Crippen LogP contribution >= 0.6 is 0 Å². The lowest BCUT2D eigenvalue weighted by Gasteiger charge is -2.24. The molecule has 0 aliphatic heterocycles. The number of fused-ring (bicyclic) bond motifs is 3. The molecular weight excluding hydrogens is 387 g/mol. The smallest absolute Gasteiger partial charge is 0.323 e. The van der Waals surface area contributed by atoms with Crippen LogP contribution in [0.2, 0.25) is 0 Å². The molecule has 1 aromatic heterocycles. The van der Waals surface area contributed by atoms with E-state index in [9.17, 15) is 19.1 Å². The van der Waals surface area contributed by atoms with Crippen LogP contribution in [-0.4, -0.2) is 34.2 Å². The van der Waals surface area contributed by atoms with E-state index in [1.54, 1.807) is 10.6 Å². The summed E-state index contributed by atoms with van der Waals surface area (Å²) in [4.78, 5) is 23.4. The number of ether oxygens (including phenoxy) is 1. The van der Waals surface area contributed by atoms with Gasteiger partial charge in [-0.3, -0.25) is 9.59 Å². The highest BCUT2D eigenvalue weighted by Gasteiger charge is 2.26. The molecule has 0 saturated heterocycles. The van der Waals surface area contributed by atoms with Crippen molar-refractivity contribution in [2.24, 2.45) is 0 Å². The Hall–Kier alpha value is -3.19. The fraction of sp³-hybridized carbons (Fsp3) is 0.304. The van der Waals surface area contributed by atoms with E-state index in [1.807, 2.05) is 30.3 Å².